The Hall–Kier alpha value is -4.01. The minimum Gasteiger partial charge on any atom is -0.493 e. The molecule has 0 bridgehead atoms. The lowest BCUT2D eigenvalue weighted by Crippen LogP contribution is -2.42. The van der Waals surface area contributed by atoms with Crippen LogP contribution >= 0.6 is 0 Å². The van der Waals surface area contributed by atoms with Crippen molar-refractivity contribution >= 4 is 17.5 Å². The van der Waals surface area contributed by atoms with E-state index in [1.54, 1.807) is 53.4 Å². The molecule has 38 heavy (non-hydrogen) atoms. The van der Waals surface area contributed by atoms with E-state index in [0.717, 1.165) is 25.0 Å². The molecular weight excluding hydrogens is 497 g/mol. The molecule has 0 radical (unpaired) electrons. The molecule has 1 fully saturated rings. The molecule has 0 heterocycles. The van der Waals surface area contributed by atoms with Crippen molar-refractivity contribution in [2.75, 3.05) is 26.1 Å². The van der Waals surface area contributed by atoms with Gasteiger partial charge >= 0.3 is 6.18 Å². The fourth-order valence-corrected chi connectivity index (χ4v) is 4.31. The molecule has 1 atom stereocenters. The lowest BCUT2D eigenvalue weighted by atomic mass is 9.95. The molecule has 3 aromatic carbocycles. The van der Waals surface area contributed by atoms with Crippen LogP contribution in [-0.2, 0) is 22.2 Å². The first kappa shape index (κ1) is 27.0. The number of alkyl halides is 3. The van der Waals surface area contributed by atoms with E-state index in [4.69, 9.17) is 9.47 Å². The Bertz CT molecular complexity index is 1260. The molecule has 6 nitrogen and oxygen atoms in total. The number of rotatable bonds is 10. The minimum atomic E-state index is -4.40. The smallest absolute Gasteiger partial charge is 0.416 e. The van der Waals surface area contributed by atoms with E-state index >= 15 is 0 Å². The van der Waals surface area contributed by atoms with Gasteiger partial charge in [0.2, 0.25) is 11.8 Å². The molecule has 1 aliphatic rings. The number of hydrogen-bond acceptors (Lipinski definition) is 4. The quantitative estimate of drug-likeness (QED) is 0.345. The molecule has 0 aromatic heterocycles. The van der Waals surface area contributed by atoms with E-state index in [1.807, 2.05) is 0 Å². The number of nitrogens with one attached hydrogen (secondary N) is 1. The van der Waals surface area contributed by atoms with E-state index < -0.39 is 23.6 Å². The Morgan fingerprint density at radius 1 is 0.947 bits per heavy atom. The van der Waals surface area contributed by atoms with Gasteiger partial charge in [-0.05, 0) is 54.7 Å². The maximum absolute atomic E-state index is 13.9. The fraction of sp³-hybridized carbons (Fsp3) is 0.310. The highest BCUT2D eigenvalue weighted by Crippen LogP contribution is 2.34. The molecule has 1 saturated carbocycles. The molecule has 3 aromatic rings. The summed E-state index contributed by atoms with van der Waals surface area (Å²) in [6.45, 7) is 0.293. The summed E-state index contributed by atoms with van der Waals surface area (Å²) in [6, 6.07) is 18.7. The van der Waals surface area contributed by atoms with Gasteiger partial charge in [0.1, 0.15) is 5.92 Å². The minimum absolute atomic E-state index is 0.00274. The zero-order valence-electron chi connectivity index (χ0n) is 21.1. The number of carbonyl (C=O) groups is 2. The van der Waals surface area contributed by atoms with Crippen molar-refractivity contribution in [3.8, 4) is 11.5 Å². The Kier molecular flexibility index (Phi) is 8.24. The number of methoxy groups -OCH3 is 2. The van der Waals surface area contributed by atoms with Crippen LogP contribution in [0.15, 0.2) is 72.8 Å². The maximum Gasteiger partial charge on any atom is 0.416 e. The van der Waals surface area contributed by atoms with Gasteiger partial charge in [0.05, 0.1) is 19.8 Å². The first-order chi connectivity index (χ1) is 18.2. The monoisotopic (exact) mass is 526 g/mol. The van der Waals surface area contributed by atoms with Gasteiger partial charge in [0.15, 0.2) is 11.5 Å². The molecule has 4 rings (SSSR count). The van der Waals surface area contributed by atoms with Crippen LogP contribution in [0.1, 0.15) is 35.4 Å². The Balaban J connectivity index is 1.55. The summed E-state index contributed by atoms with van der Waals surface area (Å²) in [4.78, 5) is 29.1. The molecule has 9 heteroatoms. The summed E-state index contributed by atoms with van der Waals surface area (Å²) < 4.78 is 49.3. The largest absolute Gasteiger partial charge is 0.493 e. The molecule has 2 amide bonds. The van der Waals surface area contributed by atoms with E-state index in [9.17, 15) is 22.8 Å². The van der Waals surface area contributed by atoms with E-state index in [2.05, 4.69) is 5.32 Å². The van der Waals surface area contributed by atoms with E-state index in [-0.39, 0.29) is 11.9 Å². The highest BCUT2D eigenvalue weighted by Gasteiger charge is 2.39. The zero-order chi connectivity index (χ0) is 27.3. The standard InChI is InChI=1S/C29H29F3N2O4/c1-37-24-15-12-22(18-25(24)38-2)33-27(35)26(20-6-4-3-5-7-20)28(36)34(23-13-14-23)17-16-19-8-10-21(11-9-19)29(30,31)32/h3-12,15,18,23,26H,13-14,16-17H2,1-2H3,(H,33,35). The zero-order valence-corrected chi connectivity index (χ0v) is 21.1. The maximum atomic E-state index is 13.9. The second-order valence-electron chi connectivity index (χ2n) is 9.11. The number of hydrogen-bond donors (Lipinski definition) is 1. The van der Waals surface area contributed by atoms with Crippen molar-refractivity contribution in [3.05, 3.63) is 89.5 Å². The average Bonchev–Trinajstić information content (AvgIpc) is 3.74. The van der Waals surface area contributed by atoms with E-state index in [1.165, 1.54) is 26.4 Å². The Labute approximate surface area is 219 Å². The SMILES string of the molecule is COc1ccc(NC(=O)C(C(=O)N(CCc2ccc(C(F)(F)F)cc2)C2CC2)c2ccccc2)cc1OC. The number of halogens is 3. The van der Waals surface area contributed by atoms with Crippen molar-refractivity contribution in [2.24, 2.45) is 0 Å². The van der Waals surface area contributed by atoms with Crippen molar-refractivity contribution in [3.63, 3.8) is 0 Å². The number of ether oxygens (including phenoxy) is 2. The summed E-state index contributed by atoms with van der Waals surface area (Å²) >= 11 is 0. The number of nitrogens with zero attached hydrogens (tertiary/aromatic N) is 1. The number of amides is 2. The van der Waals surface area contributed by atoms with Crippen LogP contribution in [0.3, 0.4) is 0 Å². The number of benzene rings is 3. The molecule has 1 N–H and O–H groups in total. The van der Waals surface area contributed by atoms with Crippen molar-refractivity contribution < 1.29 is 32.2 Å². The van der Waals surface area contributed by atoms with Gasteiger partial charge in [-0.2, -0.15) is 13.2 Å². The fourth-order valence-electron chi connectivity index (χ4n) is 4.31. The van der Waals surface area contributed by atoms with E-state index in [0.29, 0.717) is 41.3 Å². The highest BCUT2D eigenvalue weighted by atomic mass is 19.4. The van der Waals surface area contributed by atoms with Crippen molar-refractivity contribution in [2.45, 2.75) is 37.4 Å². The lowest BCUT2D eigenvalue weighted by molar-refractivity contribution is -0.138. The van der Waals surface area contributed by atoms with Gasteiger partial charge in [0, 0.05) is 24.3 Å². The van der Waals surface area contributed by atoms with Crippen LogP contribution in [0, 0.1) is 0 Å². The summed E-state index contributed by atoms with van der Waals surface area (Å²) in [5.41, 5.74) is 0.967. The molecule has 1 unspecified atom stereocenters. The van der Waals surface area contributed by atoms with Crippen molar-refractivity contribution in [1.82, 2.24) is 4.90 Å². The molecule has 0 aliphatic heterocycles. The van der Waals surface area contributed by atoms with Gasteiger partial charge in [-0.3, -0.25) is 9.59 Å². The lowest BCUT2D eigenvalue weighted by Gasteiger charge is -2.27. The van der Waals surface area contributed by atoms with Gasteiger partial charge in [-0.25, -0.2) is 0 Å². The van der Waals surface area contributed by atoms with Gasteiger partial charge in [0.25, 0.3) is 0 Å². The average molecular weight is 527 g/mol. The van der Waals surface area contributed by atoms with Gasteiger partial charge in [-0.1, -0.05) is 42.5 Å². The van der Waals surface area contributed by atoms with Gasteiger partial charge in [-0.15, -0.1) is 0 Å². The van der Waals surface area contributed by atoms with Crippen LogP contribution in [0.4, 0.5) is 18.9 Å². The third kappa shape index (κ3) is 6.45. The molecular formula is C29H29F3N2O4. The second kappa shape index (κ2) is 11.6. The van der Waals surface area contributed by atoms with Crippen LogP contribution in [0.25, 0.3) is 0 Å². The summed E-state index contributed by atoms with van der Waals surface area (Å²) in [5.74, 6) is -0.997. The predicted molar refractivity (Wildman–Crippen MR) is 137 cm³/mol. The summed E-state index contributed by atoms with van der Waals surface area (Å²) in [7, 11) is 3.00. The normalized spacial score (nSPS) is 13.9. The predicted octanol–water partition coefficient (Wildman–Crippen LogP) is 5.68. The first-order valence-corrected chi connectivity index (χ1v) is 12.3. The highest BCUT2D eigenvalue weighted by molar-refractivity contribution is 6.11. The van der Waals surface area contributed by atoms with Gasteiger partial charge < -0.3 is 19.7 Å². The van der Waals surface area contributed by atoms with Crippen LogP contribution < -0.4 is 14.8 Å². The van der Waals surface area contributed by atoms with Crippen LogP contribution in [-0.4, -0.2) is 43.5 Å². The molecule has 200 valence electrons. The Morgan fingerprint density at radius 3 is 2.18 bits per heavy atom. The third-order valence-corrected chi connectivity index (χ3v) is 6.49. The Morgan fingerprint density at radius 2 is 1.61 bits per heavy atom. The number of carbonyl (C=O) groups excluding carboxylic acids is 2. The third-order valence-electron chi connectivity index (χ3n) is 6.49. The van der Waals surface area contributed by atoms with Crippen LogP contribution in [0.2, 0.25) is 0 Å². The topological polar surface area (TPSA) is 67.9 Å². The molecule has 0 saturated heterocycles. The number of anilines is 1. The molecule has 0 spiro atoms. The second-order valence-corrected chi connectivity index (χ2v) is 9.11. The van der Waals surface area contributed by atoms with Crippen LogP contribution in [0.5, 0.6) is 11.5 Å². The first-order valence-electron chi connectivity index (χ1n) is 12.3. The van der Waals surface area contributed by atoms with Crippen molar-refractivity contribution in [1.29, 1.82) is 0 Å². The summed E-state index contributed by atoms with van der Waals surface area (Å²) in [6.07, 6.45) is -2.40. The molecule has 1 aliphatic carbocycles. The summed E-state index contributed by atoms with van der Waals surface area (Å²) in [5, 5.41) is 2.83.